The molecule has 0 unspecified atom stereocenters. The van der Waals surface area contributed by atoms with Crippen molar-refractivity contribution >= 4 is 11.9 Å². The van der Waals surface area contributed by atoms with Gasteiger partial charge >= 0.3 is 0 Å². The van der Waals surface area contributed by atoms with E-state index in [-0.39, 0.29) is 20.7 Å². The molecule has 0 saturated heterocycles. The molecule has 0 saturated carbocycles. The Labute approximate surface area is 109 Å². The van der Waals surface area contributed by atoms with Crippen LogP contribution in [-0.4, -0.2) is 15.0 Å². The van der Waals surface area contributed by atoms with Gasteiger partial charge in [-0.2, -0.15) is 15.0 Å². The lowest BCUT2D eigenvalue weighted by Gasteiger charge is -2.06. The van der Waals surface area contributed by atoms with Gasteiger partial charge in [-0.15, -0.1) is 0 Å². The van der Waals surface area contributed by atoms with Crippen molar-refractivity contribution < 1.29 is 1.43 Å². The standard InChI is InChI=1S/C12H15N5.CH4.H2/c1-7(2)8-3-5-9(6-4-8)10-15-11(13)17-12(14)16-10;;/h3-7H,1-2H3,(H4,13,14,15,16,17);1H4;1H. The molecule has 0 atom stereocenters. The van der Waals surface area contributed by atoms with Gasteiger partial charge in [0.2, 0.25) is 11.9 Å². The molecule has 2 aromatic rings. The first kappa shape index (κ1) is 13.9. The molecule has 0 aliphatic carbocycles. The van der Waals surface area contributed by atoms with E-state index in [0.717, 1.165) is 5.56 Å². The zero-order valence-electron chi connectivity index (χ0n) is 9.88. The van der Waals surface area contributed by atoms with E-state index in [2.05, 4.69) is 40.9 Å². The molecule has 0 radical (unpaired) electrons. The van der Waals surface area contributed by atoms with Gasteiger partial charge in [0.05, 0.1) is 0 Å². The second kappa shape index (κ2) is 5.44. The summed E-state index contributed by atoms with van der Waals surface area (Å²) < 4.78 is 0. The van der Waals surface area contributed by atoms with Gasteiger partial charge in [-0.05, 0) is 11.5 Å². The van der Waals surface area contributed by atoms with Gasteiger partial charge in [-0.3, -0.25) is 0 Å². The third kappa shape index (κ3) is 2.94. The minimum atomic E-state index is 0. The second-order valence-electron chi connectivity index (χ2n) is 4.15. The first-order valence-corrected chi connectivity index (χ1v) is 5.43. The fourth-order valence-corrected chi connectivity index (χ4v) is 1.56. The van der Waals surface area contributed by atoms with Crippen LogP contribution in [0.15, 0.2) is 24.3 Å². The smallest absolute Gasteiger partial charge is 0.225 e. The van der Waals surface area contributed by atoms with Gasteiger partial charge in [-0.1, -0.05) is 45.5 Å². The quantitative estimate of drug-likeness (QED) is 0.851. The number of nitrogen functional groups attached to an aromatic ring is 2. The minimum absolute atomic E-state index is 0. The Kier molecular flexibility index (Phi) is 4.20. The fourth-order valence-electron chi connectivity index (χ4n) is 1.56. The van der Waals surface area contributed by atoms with Crippen molar-refractivity contribution in [1.29, 1.82) is 0 Å². The Morgan fingerprint density at radius 1 is 0.944 bits per heavy atom. The van der Waals surface area contributed by atoms with Crippen LogP contribution in [0, 0.1) is 0 Å². The summed E-state index contributed by atoms with van der Waals surface area (Å²) in [7, 11) is 0. The second-order valence-corrected chi connectivity index (χ2v) is 4.15. The average Bonchev–Trinajstić information content (AvgIpc) is 2.28. The Hall–Kier alpha value is -2.17. The number of aromatic nitrogens is 3. The molecule has 0 bridgehead atoms. The summed E-state index contributed by atoms with van der Waals surface area (Å²) in [6.45, 7) is 4.29. The molecular formula is C13H21N5. The van der Waals surface area contributed by atoms with E-state index in [0.29, 0.717) is 11.7 Å². The van der Waals surface area contributed by atoms with Crippen LogP contribution in [-0.2, 0) is 0 Å². The summed E-state index contributed by atoms with van der Waals surface area (Å²) in [5.41, 5.74) is 13.2. The van der Waals surface area contributed by atoms with Gasteiger partial charge in [0, 0.05) is 6.99 Å². The summed E-state index contributed by atoms with van der Waals surface area (Å²) in [4.78, 5) is 11.8. The number of hydrogen-bond donors (Lipinski definition) is 2. The van der Waals surface area contributed by atoms with Crippen molar-refractivity contribution in [3.63, 3.8) is 0 Å². The molecule has 0 spiro atoms. The van der Waals surface area contributed by atoms with Crippen molar-refractivity contribution in [2.75, 3.05) is 11.5 Å². The lowest BCUT2D eigenvalue weighted by molar-refractivity contribution is 0.867. The van der Waals surface area contributed by atoms with E-state index >= 15 is 0 Å². The molecule has 0 aliphatic rings. The maximum atomic E-state index is 5.53. The van der Waals surface area contributed by atoms with Crippen molar-refractivity contribution in [2.45, 2.75) is 27.2 Å². The predicted octanol–water partition coefficient (Wildman–Crippen LogP) is 2.71. The lowest BCUT2D eigenvalue weighted by atomic mass is 10.0. The SMILES string of the molecule is C.CC(C)c1ccc(-c2nc(N)nc(N)n2)cc1.[HH]. The third-order valence-electron chi connectivity index (χ3n) is 2.51. The topological polar surface area (TPSA) is 90.7 Å². The van der Waals surface area contributed by atoms with Crippen molar-refractivity contribution in [1.82, 2.24) is 15.0 Å². The number of anilines is 2. The Morgan fingerprint density at radius 2 is 1.44 bits per heavy atom. The molecule has 1 aromatic carbocycles. The van der Waals surface area contributed by atoms with E-state index in [9.17, 15) is 0 Å². The van der Waals surface area contributed by atoms with E-state index in [1.54, 1.807) is 0 Å². The first-order chi connectivity index (χ1) is 8.06. The first-order valence-electron chi connectivity index (χ1n) is 5.43. The molecule has 0 fully saturated rings. The molecule has 18 heavy (non-hydrogen) atoms. The molecule has 5 nitrogen and oxygen atoms in total. The number of rotatable bonds is 2. The fraction of sp³-hybridized carbons (Fsp3) is 0.308. The average molecular weight is 247 g/mol. The number of nitrogens with zero attached hydrogens (tertiary/aromatic N) is 3. The molecule has 5 heteroatoms. The largest absolute Gasteiger partial charge is 0.368 e. The van der Waals surface area contributed by atoms with Crippen LogP contribution in [0.5, 0.6) is 0 Å². The minimum Gasteiger partial charge on any atom is -0.368 e. The van der Waals surface area contributed by atoms with Crippen molar-refractivity contribution in [3.05, 3.63) is 29.8 Å². The van der Waals surface area contributed by atoms with Gasteiger partial charge in [-0.25, -0.2) is 0 Å². The van der Waals surface area contributed by atoms with Crippen LogP contribution in [0.2, 0.25) is 0 Å². The van der Waals surface area contributed by atoms with Gasteiger partial charge < -0.3 is 11.5 Å². The maximum absolute atomic E-state index is 5.53. The summed E-state index contributed by atoms with van der Waals surface area (Å²) >= 11 is 0. The molecule has 2 rings (SSSR count). The van der Waals surface area contributed by atoms with Gasteiger partial charge in [0.15, 0.2) is 5.82 Å². The molecule has 1 aromatic heterocycles. The Morgan fingerprint density at radius 3 is 1.89 bits per heavy atom. The summed E-state index contributed by atoms with van der Waals surface area (Å²) in [5, 5.41) is 0. The Bertz CT molecular complexity index is 505. The van der Waals surface area contributed by atoms with E-state index in [4.69, 9.17) is 11.5 Å². The zero-order chi connectivity index (χ0) is 12.4. The van der Waals surface area contributed by atoms with Crippen molar-refractivity contribution in [3.8, 4) is 11.4 Å². The molecule has 0 amide bonds. The molecule has 4 N–H and O–H groups in total. The molecule has 98 valence electrons. The molecule has 1 heterocycles. The highest BCUT2D eigenvalue weighted by Gasteiger charge is 2.05. The molecule has 0 aliphatic heterocycles. The van der Waals surface area contributed by atoms with E-state index < -0.39 is 0 Å². The van der Waals surface area contributed by atoms with Crippen LogP contribution in [0.3, 0.4) is 0 Å². The van der Waals surface area contributed by atoms with E-state index in [1.807, 2.05) is 12.1 Å². The zero-order valence-corrected chi connectivity index (χ0v) is 9.88. The Balaban J connectivity index is 0.00000162. The van der Waals surface area contributed by atoms with Gasteiger partial charge in [0.1, 0.15) is 0 Å². The monoisotopic (exact) mass is 247 g/mol. The number of benzene rings is 1. The summed E-state index contributed by atoms with van der Waals surface area (Å²) in [6, 6.07) is 8.03. The summed E-state index contributed by atoms with van der Waals surface area (Å²) in [6.07, 6.45) is 0. The van der Waals surface area contributed by atoms with Crippen LogP contribution in [0.25, 0.3) is 11.4 Å². The predicted molar refractivity (Wildman–Crippen MR) is 77.0 cm³/mol. The van der Waals surface area contributed by atoms with E-state index in [1.165, 1.54) is 5.56 Å². The van der Waals surface area contributed by atoms with Gasteiger partial charge in [0.25, 0.3) is 0 Å². The normalized spacial score (nSPS) is 10.2. The van der Waals surface area contributed by atoms with Crippen LogP contribution >= 0.6 is 0 Å². The highest BCUT2D eigenvalue weighted by atomic mass is 15.1. The maximum Gasteiger partial charge on any atom is 0.225 e. The molecular weight excluding hydrogens is 226 g/mol. The number of hydrogen-bond acceptors (Lipinski definition) is 5. The van der Waals surface area contributed by atoms with Crippen LogP contribution in [0.4, 0.5) is 11.9 Å². The highest BCUT2D eigenvalue weighted by Crippen LogP contribution is 2.20. The number of nitrogens with two attached hydrogens (primary N) is 2. The lowest BCUT2D eigenvalue weighted by Crippen LogP contribution is -2.04. The third-order valence-corrected chi connectivity index (χ3v) is 2.51. The van der Waals surface area contributed by atoms with Crippen molar-refractivity contribution in [2.24, 2.45) is 0 Å². The van der Waals surface area contributed by atoms with Crippen LogP contribution < -0.4 is 11.5 Å². The van der Waals surface area contributed by atoms with Crippen LogP contribution in [0.1, 0.15) is 34.2 Å². The highest BCUT2D eigenvalue weighted by molar-refractivity contribution is 5.57. The summed E-state index contributed by atoms with van der Waals surface area (Å²) in [5.74, 6) is 1.28.